The third kappa shape index (κ3) is 7.94. The molecule has 0 aromatic carbocycles. The standard InChI is InChI=1S/C26H52N6O13/c1-7(2)32-5-11-17(36)19(38)14(31)25(41-11)43-21-9(29)3-8(28)15(34)23(21)45-26-20(39)22(12(6-33)42-26)44-24-13(30)18(37)16(35)10(4-27)40-24/h7-26,32-39H,3-6,27-31H2,1-2H3/t8-,9+,10+,11-,12-,13-,14-,15+,16-,17-,18-,19-,20-,21-,22-,23-,24-,25-,26+/m1/s1. The second-order valence-corrected chi connectivity index (χ2v) is 12.6. The smallest absolute Gasteiger partial charge is 0.187 e. The van der Waals surface area contributed by atoms with Crippen molar-refractivity contribution < 1.29 is 64.2 Å². The highest BCUT2D eigenvalue weighted by Crippen LogP contribution is 2.34. The number of aliphatic hydroxyl groups is 7. The fourth-order valence-corrected chi connectivity index (χ4v) is 6.07. The lowest BCUT2D eigenvalue weighted by Gasteiger charge is -2.47. The largest absolute Gasteiger partial charge is 0.394 e. The normalized spacial score (nSPS) is 51.1. The zero-order valence-electron chi connectivity index (χ0n) is 25.3. The fourth-order valence-electron chi connectivity index (χ4n) is 6.07. The molecule has 4 fully saturated rings. The first-order chi connectivity index (χ1) is 21.2. The molecule has 19 atom stereocenters. The Morgan fingerprint density at radius 1 is 0.644 bits per heavy atom. The highest BCUT2D eigenvalue weighted by Gasteiger charge is 2.54. The van der Waals surface area contributed by atoms with Crippen molar-refractivity contribution in [3.05, 3.63) is 0 Å². The molecule has 0 aromatic rings. The number of ether oxygens (including phenoxy) is 6. The van der Waals surface area contributed by atoms with Gasteiger partial charge in [0.2, 0.25) is 0 Å². The van der Waals surface area contributed by atoms with Crippen molar-refractivity contribution in [1.82, 2.24) is 5.32 Å². The van der Waals surface area contributed by atoms with Gasteiger partial charge < -0.3 is 98.2 Å². The van der Waals surface area contributed by atoms with E-state index in [0.29, 0.717) is 0 Å². The van der Waals surface area contributed by atoms with Crippen LogP contribution in [0.15, 0.2) is 0 Å². The predicted octanol–water partition coefficient (Wildman–Crippen LogP) is -7.86. The van der Waals surface area contributed by atoms with Gasteiger partial charge in [-0.15, -0.1) is 0 Å². The third-order valence-electron chi connectivity index (χ3n) is 8.87. The van der Waals surface area contributed by atoms with Gasteiger partial charge in [-0.25, -0.2) is 0 Å². The average Bonchev–Trinajstić information content (AvgIpc) is 3.30. The summed E-state index contributed by atoms with van der Waals surface area (Å²) < 4.78 is 35.2. The van der Waals surface area contributed by atoms with Gasteiger partial charge in [-0.3, -0.25) is 0 Å². The van der Waals surface area contributed by atoms with Gasteiger partial charge in [0.05, 0.1) is 24.8 Å². The minimum absolute atomic E-state index is 0.0571. The third-order valence-corrected chi connectivity index (χ3v) is 8.87. The van der Waals surface area contributed by atoms with Crippen LogP contribution in [0.25, 0.3) is 0 Å². The minimum atomic E-state index is -1.60. The summed E-state index contributed by atoms with van der Waals surface area (Å²) in [5.41, 5.74) is 30.3. The van der Waals surface area contributed by atoms with E-state index in [2.05, 4.69) is 5.32 Å². The first kappa shape index (κ1) is 37.1. The Morgan fingerprint density at radius 2 is 1.16 bits per heavy atom. The second kappa shape index (κ2) is 15.6. The quantitative estimate of drug-likeness (QED) is 0.0981. The molecule has 3 aliphatic heterocycles. The van der Waals surface area contributed by atoms with Crippen molar-refractivity contribution in [2.45, 2.75) is 143 Å². The van der Waals surface area contributed by atoms with Gasteiger partial charge in [-0.05, 0) is 6.42 Å². The maximum atomic E-state index is 11.2. The van der Waals surface area contributed by atoms with Crippen LogP contribution in [0.2, 0.25) is 0 Å². The van der Waals surface area contributed by atoms with E-state index in [0.717, 1.165) is 0 Å². The molecular formula is C26H52N6O13. The lowest BCUT2D eigenvalue weighted by atomic mass is 9.84. The molecule has 0 bridgehead atoms. The summed E-state index contributed by atoms with van der Waals surface area (Å²) in [5.74, 6) is 0. The van der Waals surface area contributed by atoms with E-state index < -0.39 is 123 Å². The molecular weight excluding hydrogens is 604 g/mol. The van der Waals surface area contributed by atoms with Crippen molar-refractivity contribution in [2.75, 3.05) is 19.7 Å². The van der Waals surface area contributed by atoms with Crippen LogP contribution in [0.1, 0.15) is 20.3 Å². The van der Waals surface area contributed by atoms with Crippen LogP contribution in [0.5, 0.6) is 0 Å². The Morgan fingerprint density at radius 3 is 1.71 bits per heavy atom. The van der Waals surface area contributed by atoms with Crippen LogP contribution in [0, 0.1) is 0 Å². The summed E-state index contributed by atoms with van der Waals surface area (Å²) in [5, 5.41) is 77.0. The molecule has 1 saturated carbocycles. The Kier molecular flexibility index (Phi) is 12.9. The fraction of sp³-hybridized carbons (Fsp3) is 1.00. The minimum Gasteiger partial charge on any atom is -0.394 e. The van der Waals surface area contributed by atoms with Gasteiger partial charge in [0.15, 0.2) is 18.9 Å². The molecule has 19 heteroatoms. The molecule has 19 nitrogen and oxygen atoms in total. The second-order valence-electron chi connectivity index (χ2n) is 12.6. The van der Waals surface area contributed by atoms with E-state index in [4.69, 9.17) is 57.1 Å². The van der Waals surface area contributed by atoms with E-state index in [1.807, 2.05) is 13.8 Å². The molecule has 4 aliphatic rings. The Balaban J connectivity index is 1.49. The summed E-state index contributed by atoms with van der Waals surface area (Å²) >= 11 is 0. The summed E-state index contributed by atoms with van der Waals surface area (Å²) in [7, 11) is 0. The molecule has 0 radical (unpaired) electrons. The molecule has 0 aromatic heterocycles. The van der Waals surface area contributed by atoms with E-state index >= 15 is 0 Å². The summed E-state index contributed by atoms with van der Waals surface area (Å²) in [6.07, 6.45) is -19.5. The molecule has 1 aliphatic carbocycles. The van der Waals surface area contributed by atoms with Crippen molar-refractivity contribution in [3.63, 3.8) is 0 Å². The van der Waals surface area contributed by atoms with E-state index in [1.54, 1.807) is 0 Å². The lowest BCUT2D eigenvalue weighted by molar-refractivity contribution is -0.307. The molecule has 4 rings (SSSR count). The number of rotatable bonds is 11. The highest BCUT2D eigenvalue weighted by molar-refractivity contribution is 5.02. The summed E-state index contributed by atoms with van der Waals surface area (Å²) in [4.78, 5) is 0. The van der Waals surface area contributed by atoms with Crippen LogP contribution in [0.4, 0.5) is 0 Å². The predicted molar refractivity (Wildman–Crippen MR) is 152 cm³/mol. The monoisotopic (exact) mass is 656 g/mol. The van der Waals surface area contributed by atoms with E-state index in [1.165, 1.54) is 0 Å². The van der Waals surface area contributed by atoms with Gasteiger partial charge in [0, 0.05) is 31.2 Å². The van der Waals surface area contributed by atoms with Crippen LogP contribution < -0.4 is 34.0 Å². The first-order valence-corrected chi connectivity index (χ1v) is 15.3. The van der Waals surface area contributed by atoms with Gasteiger partial charge in [-0.2, -0.15) is 0 Å². The first-order valence-electron chi connectivity index (χ1n) is 15.3. The number of aliphatic hydroxyl groups excluding tert-OH is 7. The van der Waals surface area contributed by atoms with Crippen LogP contribution >= 0.6 is 0 Å². The summed E-state index contributed by atoms with van der Waals surface area (Å²) in [6.45, 7) is 3.17. The van der Waals surface area contributed by atoms with Crippen molar-refractivity contribution in [3.8, 4) is 0 Å². The van der Waals surface area contributed by atoms with Crippen LogP contribution in [-0.4, -0.2) is 178 Å². The Bertz CT molecular complexity index is 931. The van der Waals surface area contributed by atoms with E-state index in [-0.39, 0.29) is 25.6 Å². The zero-order valence-corrected chi connectivity index (χ0v) is 25.3. The van der Waals surface area contributed by atoms with Crippen molar-refractivity contribution in [2.24, 2.45) is 28.7 Å². The molecule has 0 amide bonds. The molecule has 3 saturated heterocycles. The van der Waals surface area contributed by atoms with Crippen molar-refractivity contribution in [1.29, 1.82) is 0 Å². The number of hydrogen-bond donors (Lipinski definition) is 13. The van der Waals surface area contributed by atoms with Gasteiger partial charge >= 0.3 is 0 Å². The van der Waals surface area contributed by atoms with Gasteiger partial charge in [0.25, 0.3) is 0 Å². The number of nitrogens with two attached hydrogens (primary N) is 5. The van der Waals surface area contributed by atoms with Gasteiger partial charge in [0.1, 0.15) is 67.1 Å². The molecule has 3 heterocycles. The molecule has 18 N–H and O–H groups in total. The molecule has 45 heavy (non-hydrogen) atoms. The maximum absolute atomic E-state index is 11.2. The molecule has 264 valence electrons. The van der Waals surface area contributed by atoms with Crippen molar-refractivity contribution >= 4 is 0 Å². The Labute approximate surface area is 260 Å². The molecule has 0 spiro atoms. The topological polar surface area (TPSA) is 339 Å². The lowest BCUT2D eigenvalue weighted by Crippen LogP contribution is -2.68. The van der Waals surface area contributed by atoms with Crippen LogP contribution in [0.3, 0.4) is 0 Å². The van der Waals surface area contributed by atoms with Gasteiger partial charge in [-0.1, -0.05) is 13.8 Å². The maximum Gasteiger partial charge on any atom is 0.187 e. The Hall–Kier alpha value is -0.760. The van der Waals surface area contributed by atoms with Crippen LogP contribution in [-0.2, 0) is 28.4 Å². The summed E-state index contributed by atoms with van der Waals surface area (Å²) in [6, 6.07) is -4.09. The number of hydrogen-bond acceptors (Lipinski definition) is 19. The van der Waals surface area contributed by atoms with E-state index in [9.17, 15) is 35.7 Å². The number of nitrogens with one attached hydrogen (secondary N) is 1. The zero-order chi connectivity index (χ0) is 33.3. The SMILES string of the molecule is CC(C)NC[C@H]1O[C@H](O[C@H]2[C@H](O[C@@H]3O[C@H](CO)[C@@H](O[C@H]4O[C@@H](CN)[C@@H](O)[C@H](O)[C@H]4N)[C@H]3O)[C@@H](O)[C@H](N)C[C@@H]2N)[C@H](N)[C@@H](O)[C@@H]1O. The average molecular weight is 657 g/mol. The highest BCUT2D eigenvalue weighted by atomic mass is 16.8. The molecule has 0 unspecified atom stereocenters.